The van der Waals surface area contributed by atoms with Crippen LogP contribution < -0.4 is 5.32 Å². The molecular formula is C17H22FN3O. The van der Waals surface area contributed by atoms with Crippen LogP contribution in [0.4, 0.5) is 4.39 Å². The second kappa shape index (κ2) is 6.73. The molecule has 2 aromatic rings. The summed E-state index contributed by atoms with van der Waals surface area (Å²) in [7, 11) is 0. The molecule has 118 valence electrons. The first kappa shape index (κ1) is 16.2. The topological polar surface area (TPSA) is 46.9 Å². The van der Waals surface area contributed by atoms with Crippen LogP contribution in [0, 0.1) is 11.7 Å². The monoisotopic (exact) mass is 303 g/mol. The van der Waals surface area contributed by atoms with Crippen molar-refractivity contribution in [2.45, 2.75) is 39.3 Å². The molecule has 0 saturated carbocycles. The highest BCUT2D eigenvalue weighted by Crippen LogP contribution is 2.14. The van der Waals surface area contributed by atoms with Gasteiger partial charge in [-0.3, -0.25) is 9.48 Å². The fourth-order valence-electron chi connectivity index (χ4n) is 2.39. The normalized spacial score (nSPS) is 12.9. The van der Waals surface area contributed by atoms with Crippen LogP contribution in [0.3, 0.4) is 0 Å². The fraction of sp³-hybridized carbons (Fsp3) is 0.412. The van der Waals surface area contributed by atoms with Gasteiger partial charge in [-0.25, -0.2) is 4.39 Å². The van der Waals surface area contributed by atoms with Crippen molar-refractivity contribution < 1.29 is 9.18 Å². The first-order valence-electron chi connectivity index (χ1n) is 7.40. The Labute approximate surface area is 130 Å². The van der Waals surface area contributed by atoms with Crippen LogP contribution in [0.1, 0.15) is 26.3 Å². The van der Waals surface area contributed by atoms with E-state index in [1.54, 1.807) is 23.0 Å². The van der Waals surface area contributed by atoms with Crippen LogP contribution in [0.2, 0.25) is 0 Å². The number of hydrogen-bond acceptors (Lipinski definition) is 2. The van der Waals surface area contributed by atoms with E-state index in [0.29, 0.717) is 13.0 Å². The molecular weight excluding hydrogens is 281 g/mol. The lowest BCUT2D eigenvalue weighted by Gasteiger charge is -2.28. The van der Waals surface area contributed by atoms with Gasteiger partial charge >= 0.3 is 0 Å². The smallest absolute Gasteiger partial charge is 0.225 e. The summed E-state index contributed by atoms with van der Waals surface area (Å²) >= 11 is 0. The second-order valence-corrected chi connectivity index (χ2v) is 6.31. The molecule has 0 bridgehead atoms. The number of halogens is 1. The molecule has 0 aliphatic rings. The molecule has 1 unspecified atom stereocenters. The summed E-state index contributed by atoms with van der Waals surface area (Å²) in [5, 5.41) is 7.17. The number of hydrogen-bond donors (Lipinski definition) is 1. The van der Waals surface area contributed by atoms with Gasteiger partial charge in [-0.15, -0.1) is 0 Å². The molecule has 1 N–H and O–H groups in total. The minimum Gasteiger partial charge on any atom is -0.351 e. The zero-order valence-electron chi connectivity index (χ0n) is 13.2. The highest BCUT2D eigenvalue weighted by atomic mass is 19.1. The van der Waals surface area contributed by atoms with E-state index in [2.05, 4.69) is 10.4 Å². The highest BCUT2D eigenvalue weighted by Gasteiger charge is 2.24. The quantitative estimate of drug-likeness (QED) is 0.892. The summed E-state index contributed by atoms with van der Waals surface area (Å²) in [6, 6.07) is 8.21. The van der Waals surface area contributed by atoms with Gasteiger partial charge < -0.3 is 5.32 Å². The van der Waals surface area contributed by atoms with E-state index >= 15 is 0 Å². The van der Waals surface area contributed by atoms with Crippen molar-refractivity contribution in [1.82, 2.24) is 15.1 Å². The van der Waals surface area contributed by atoms with Crippen molar-refractivity contribution >= 4 is 5.91 Å². The molecule has 4 nitrogen and oxygen atoms in total. The van der Waals surface area contributed by atoms with Gasteiger partial charge in [-0.2, -0.15) is 5.10 Å². The van der Waals surface area contributed by atoms with Crippen LogP contribution in [-0.2, 0) is 17.8 Å². The molecule has 1 heterocycles. The molecule has 0 aliphatic carbocycles. The van der Waals surface area contributed by atoms with Crippen molar-refractivity contribution in [1.29, 1.82) is 0 Å². The molecule has 0 aliphatic heterocycles. The van der Waals surface area contributed by atoms with Gasteiger partial charge in [0, 0.05) is 17.9 Å². The van der Waals surface area contributed by atoms with Gasteiger partial charge in [-0.1, -0.05) is 19.1 Å². The molecule has 22 heavy (non-hydrogen) atoms. The Bertz CT molecular complexity index is 605. The standard InChI is InChI=1S/C17H22FN3O/c1-13(12-21-10-4-9-19-21)16(22)20-17(2,3)11-14-5-7-15(18)8-6-14/h4-10,13H,11-12H2,1-3H3,(H,20,22). The van der Waals surface area contributed by atoms with Crippen LogP contribution in [0.25, 0.3) is 0 Å². The number of amides is 1. The van der Waals surface area contributed by atoms with Gasteiger partial charge in [0.25, 0.3) is 0 Å². The first-order valence-corrected chi connectivity index (χ1v) is 7.40. The fourth-order valence-corrected chi connectivity index (χ4v) is 2.39. The highest BCUT2D eigenvalue weighted by molar-refractivity contribution is 5.79. The van der Waals surface area contributed by atoms with E-state index in [1.807, 2.05) is 33.0 Å². The van der Waals surface area contributed by atoms with Gasteiger partial charge in [0.2, 0.25) is 5.91 Å². The summed E-state index contributed by atoms with van der Waals surface area (Å²) in [5.74, 6) is -0.437. The Hall–Kier alpha value is -2.17. The molecule has 5 heteroatoms. The van der Waals surface area contributed by atoms with Crippen molar-refractivity contribution in [3.63, 3.8) is 0 Å². The lowest BCUT2D eigenvalue weighted by Crippen LogP contribution is -2.47. The SMILES string of the molecule is CC(Cn1cccn1)C(=O)NC(C)(C)Cc1ccc(F)cc1. The van der Waals surface area contributed by atoms with Crippen LogP contribution in [0.15, 0.2) is 42.7 Å². The Kier molecular flexibility index (Phi) is 4.96. The van der Waals surface area contributed by atoms with Gasteiger partial charge in [-0.05, 0) is 44.0 Å². The third kappa shape index (κ3) is 4.69. The Morgan fingerprint density at radius 2 is 2.05 bits per heavy atom. The third-order valence-electron chi connectivity index (χ3n) is 3.49. The largest absolute Gasteiger partial charge is 0.351 e. The number of rotatable bonds is 6. The Morgan fingerprint density at radius 1 is 1.36 bits per heavy atom. The van der Waals surface area contributed by atoms with E-state index in [9.17, 15) is 9.18 Å². The Balaban J connectivity index is 1.92. The van der Waals surface area contributed by atoms with E-state index < -0.39 is 5.54 Å². The van der Waals surface area contributed by atoms with Crippen molar-refractivity contribution in [3.8, 4) is 0 Å². The number of nitrogens with zero attached hydrogens (tertiary/aromatic N) is 2. The molecule has 0 radical (unpaired) electrons. The maximum atomic E-state index is 12.9. The van der Waals surface area contributed by atoms with Gasteiger partial charge in [0.1, 0.15) is 5.82 Å². The average Bonchev–Trinajstić information content (AvgIpc) is 2.93. The van der Waals surface area contributed by atoms with E-state index in [0.717, 1.165) is 5.56 Å². The number of benzene rings is 1. The lowest BCUT2D eigenvalue weighted by atomic mass is 9.94. The minimum absolute atomic E-state index is 0.0115. The van der Waals surface area contributed by atoms with E-state index in [-0.39, 0.29) is 17.6 Å². The summed E-state index contributed by atoms with van der Waals surface area (Å²) in [6.45, 7) is 6.36. The van der Waals surface area contributed by atoms with Crippen molar-refractivity contribution in [3.05, 3.63) is 54.1 Å². The van der Waals surface area contributed by atoms with Gasteiger partial charge in [0.15, 0.2) is 0 Å². The molecule has 1 aromatic carbocycles. The average molecular weight is 303 g/mol. The Morgan fingerprint density at radius 3 is 2.64 bits per heavy atom. The summed E-state index contributed by atoms with van der Waals surface area (Å²) in [6.07, 6.45) is 4.18. The number of carbonyl (C=O) groups is 1. The molecule has 0 spiro atoms. The molecule has 0 fully saturated rings. The number of nitrogens with one attached hydrogen (secondary N) is 1. The van der Waals surface area contributed by atoms with Crippen LogP contribution in [0.5, 0.6) is 0 Å². The maximum Gasteiger partial charge on any atom is 0.225 e. The van der Waals surface area contributed by atoms with E-state index in [1.165, 1.54) is 12.1 Å². The number of aromatic nitrogens is 2. The first-order chi connectivity index (χ1) is 10.4. The van der Waals surface area contributed by atoms with Gasteiger partial charge in [0.05, 0.1) is 12.5 Å². The predicted molar refractivity (Wildman–Crippen MR) is 83.7 cm³/mol. The molecule has 2 rings (SSSR count). The maximum absolute atomic E-state index is 12.9. The second-order valence-electron chi connectivity index (χ2n) is 6.31. The van der Waals surface area contributed by atoms with Crippen molar-refractivity contribution in [2.75, 3.05) is 0 Å². The summed E-state index contributed by atoms with van der Waals surface area (Å²) < 4.78 is 14.7. The zero-order valence-corrected chi connectivity index (χ0v) is 13.2. The third-order valence-corrected chi connectivity index (χ3v) is 3.49. The molecule has 1 aromatic heterocycles. The number of carbonyl (C=O) groups excluding carboxylic acids is 1. The molecule has 0 saturated heterocycles. The summed E-state index contributed by atoms with van der Waals surface area (Å²) in [5.41, 5.74) is 0.597. The minimum atomic E-state index is -0.396. The van der Waals surface area contributed by atoms with Crippen LogP contribution in [-0.4, -0.2) is 21.2 Å². The molecule has 1 atom stereocenters. The predicted octanol–water partition coefficient (Wildman–Crippen LogP) is 2.80. The lowest BCUT2D eigenvalue weighted by molar-refractivity contribution is -0.126. The van der Waals surface area contributed by atoms with Crippen molar-refractivity contribution in [2.24, 2.45) is 5.92 Å². The molecule has 1 amide bonds. The zero-order chi connectivity index (χ0) is 16.2. The van der Waals surface area contributed by atoms with E-state index in [4.69, 9.17) is 0 Å². The summed E-state index contributed by atoms with van der Waals surface area (Å²) in [4.78, 5) is 12.3. The van der Waals surface area contributed by atoms with Crippen LogP contribution >= 0.6 is 0 Å².